The zero-order chi connectivity index (χ0) is 10.8. The van der Waals surface area contributed by atoms with E-state index in [1.807, 2.05) is 0 Å². The number of aliphatic carboxylic acids is 1. The van der Waals surface area contributed by atoms with Crippen LogP contribution >= 0.6 is 0 Å². The van der Waals surface area contributed by atoms with E-state index < -0.39 is 5.97 Å². The number of hydrogen-bond acceptors (Lipinski definition) is 2. The maximum atomic E-state index is 11.1. The first-order valence-corrected chi connectivity index (χ1v) is 6.08. The molecule has 86 valence electrons. The smallest absolute Gasteiger partial charge is 0.306 e. The minimum absolute atomic E-state index is 0.0431. The fourth-order valence-corrected chi connectivity index (χ4v) is 2.65. The highest BCUT2D eigenvalue weighted by Gasteiger charge is 2.37. The van der Waals surface area contributed by atoms with E-state index in [4.69, 9.17) is 5.11 Å². The molecule has 1 atom stereocenters. The van der Waals surface area contributed by atoms with E-state index in [0.29, 0.717) is 11.8 Å². The molecule has 1 N–H and O–H groups in total. The van der Waals surface area contributed by atoms with Crippen molar-refractivity contribution in [2.75, 3.05) is 20.1 Å². The van der Waals surface area contributed by atoms with Gasteiger partial charge in [0.25, 0.3) is 0 Å². The van der Waals surface area contributed by atoms with E-state index in [-0.39, 0.29) is 5.92 Å². The molecule has 2 rings (SSSR count). The van der Waals surface area contributed by atoms with Crippen LogP contribution in [0.4, 0.5) is 0 Å². The van der Waals surface area contributed by atoms with Crippen molar-refractivity contribution < 1.29 is 9.90 Å². The molecule has 1 heterocycles. The van der Waals surface area contributed by atoms with E-state index >= 15 is 0 Å². The average molecular weight is 211 g/mol. The largest absolute Gasteiger partial charge is 0.481 e. The zero-order valence-corrected chi connectivity index (χ0v) is 9.48. The summed E-state index contributed by atoms with van der Waals surface area (Å²) >= 11 is 0. The predicted molar refractivity (Wildman–Crippen MR) is 58.7 cm³/mol. The number of carbonyl (C=O) groups is 1. The van der Waals surface area contributed by atoms with Gasteiger partial charge in [-0.1, -0.05) is 0 Å². The molecule has 3 heteroatoms. The number of nitrogens with zero attached hydrogens (tertiary/aromatic N) is 1. The molecule has 1 saturated heterocycles. The molecule has 0 amide bonds. The molecule has 0 aromatic carbocycles. The fourth-order valence-electron chi connectivity index (χ4n) is 2.65. The van der Waals surface area contributed by atoms with Gasteiger partial charge in [0.15, 0.2) is 0 Å². The summed E-state index contributed by atoms with van der Waals surface area (Å²) in [5, 5.41) is 9.16. The Morgan fingerprint density at radius 3 is 2.40 bits per heavy atom. The second kappa shape index (κ2) is 4.52. The van der Waals surface area contributed by atoms with Crippen LogP contribution in [0.15, 0.2) is 0 Å². The van der Waals surface area contributed by atoms with Gasteiger partial charge in [0.05, 0.1) is 5.92 Å². The molecule has 0 aromatic rings. The van der Waals surface area contributed by atoms with Crippen LogP contribution in [0.1, 0.15) is 32.1 Å². The quantitative estimate of drug-likeness (QED) is 0.771. The lowest BCUT2D eigenvalue weighted by Crippen LogP contribution is -2.32. The lowest BCUT2D eigenvalue weighted by Gasteiger charge is -2.30. The maximum absolute atomic E-state index is 11.1. The molecule has 3 nitrogen and oxygen atoms in total. The van der Waals surface area contributed by atoms with Crippen molar-refractivity contribution in [3.05, 3.63) is 0 Å². The van der Waals surface area contributed by atoms with Crippen molar-refractivity contribution in [1.29, 1.82) is 0 Å². The van der Waals surface area contributed by atoms with E-state index in [9.17, 15) is 4.79 Å². The standard InChI is InChI=1S/C12H21NO2/c1-13-6-4-9(5-7-13)8-11(12(14)15)10-2-3-10/h9-11H,2-8H2,1H3,(H,14,15). The molecular weight excluding hydrogens is 190 g/mol. The van der Waals surface area contributed by atoms with Crippen molar-refractivity contribution in [1.82, 2.24) is 4.90 Å². The van der Waals surface area contributed by atoms with Gasteiger partial charge in [0.1, 0.15) is 0 Å². The Morgan fingerprint density at radius 2 is 1.93 bits per heavy atom. The lowest BCUT2D eigenvalue weighted by atomic mass is 9.85. The van der Waals surface area contributed by atoms with Crippen LogP contribution in [0, 0.1) is 17.8 Å². The van der Waals surface area contributed by atoms with Crippen molar-refractivity contribution in [2.24, 2.45) is 17.8 Å². The molecule has 1 unspecified atom stereocenters. The molecule has 2 aliphatic rings. The zero-order valence-electron chi connectivity index (χ0n) is 9.48. The lowest BCUT2D eigenvalue weighted by molar-refractivity contribution is -0.143. The van der Waals surface area contributed by atoms with Crippen LogP contribution < -0.4 is 0 Å². The van der Waals surface area contributed by atoms with Gasteiger partial charge < -0.3 is 10.0 Å². The van der Waals surface area contributed by atoms with E-state index in [0.717, 1.165) is 32.4 Å². The van der Waals surface area contributed by atoms with E-state index in [1.54, 1.807) is 0 Å². The Labute approximate surface area is 91.5 Å². The number of piperidine rings is 1. The summed E-state index contributed by atoms with van der Waals surface area (Å²) in [7, 11) is 2.14. The molecule has 15 heavy (non-hydrogen) atoms. The molecular formula is C12H21NO2. The van der Waals surface area contributed by atoms with Gasteiger partial charge in [-0.3, -0.25) is 4.79 Å². The highest BCUT2D eigenvalue weighted by molar-refractivity contribution is 5.70. The molecule has 1 aliphatic heterocycles. The van der Waals surface area contributed by atoms with Crippen molar-refractivity contribution in [2.45, 2.75) is 32.1 Å². The van der Waals surface area contributed by atoms with Crippen molar-refractivity contribution in [3.8, 4) is 0 Å². The number of rotatable bonds is 4. The first-order valence-electron chi connectivity index (χ1n) is 6.08. The molecule has 0 radical (unpaired) electrons. The fraction of sp³-hybridized carbons (Fsp3) is 0.917. The SMILES string of the molecule is CN1CCC(CC(C(=O)O)C2CC2)CC1. The van der Waals surface area contributed by atoms with Crippen LogP contribution in [-0.4, -0.2) is 36.1 Å². The molecule has 0 bridgehead atoms. The van der Waals surface area contributed by atoms with Crippen LogP contribution in [0.25, 0.3) is 0 Å². The van der Waals surface area contributed by atoms with Crippen LogP contribution in [0.5, 0.6) is 0 Å². The monoisotopic (exact) mass is 211 g/mol. The van der Waals surface area contributed by atoms with Crippen LogP contribution in [-0.2, 0) is 4.79 Å². The van der Waals surface area contributed by atoms with Gasteiger partial charge in [-0.2, -0.15) is 0 Å². The first kappa shape index (κ1) is 10.9. The van der Waals surface area contributed by atoms with E-state index in [1.165, 1.54) is 12.8 Å². The number of likely N-dealkylation sites (tertiary alicyclic amines) is 1. The minimum Gasteiger partial charge on any atom is -0.481 e. The molecule has 2 fully saturated rings. The summed E-state index contributed by atoms with van der Waals surface area (Å²) in [4.78, 5) is 13.4. The second-order valence-electron chi connectivity index (χ2n) is 5.26. The third-order valence-electron chi connectivity index (χ3n) is 3.93. The molecule has 0 aromatic heterocycles. The first-order chi connectivity index (χ1) is 7.16. The van der Waals surface area contributed by atoms with Gasteiger partial charge in [0.2, 0.25) is 0 Å². The van der Waals surface area contributed by atoms with Gasteiger partial charge in [-0.05, 0) is 64.1 Å². The summed E-state index contributed by atoms with van der Waals surface area (Å²) in [6.07, 6.45) is 5.58. The predicted octanol–water partition coefficient (Wildman–Crippen LogP) is 1.83. The minimum atomic E-state index is -0.559. The molecule has 0 spiro atoms. The third kappa shape index (κ3) is 2.94. The molecule has 1 aliphatic carbocycles. The van der Waals surface area contributed by atoms with Crippen molar-refractivity contribution >= 4 is 5.97 Å². The highest BCUT2D eigenvalue weighted by Crippen LogP contribution is 2.41. The Kier molecular flexibility index (Phi) is 3.29. The highest BCUT2D eigenvalue weighted by atomic mass is 16.4. The normalized spacial score (nSPS) is 26.5. The van der Waals surface area contributed by atoms with Crippen molar-refractivity contribution in [3.63, 3.8) is 0 Å². The van der Waals surface area contributed by atoms with Crippen LogP contribution in [0.3, 0.4) is 0 Å². The Morgan fingerprint density at radius 1 is 1.33 bits per heavy atom. The number of hydrogen-bond donors (Lipinski definition) is 1. The topological polar surface area (TPSA) is 40.5 Å². The van der Waals surface area contributed by atoms with Gasteiger partial charge >= 0.3 is 5.97 Å². The summed E-state index contributed by atoms with van der Waals surface area (Å²) in [6.45, 7) is 2.28. The van der Waals surface area contributed by atoms with Gasteiger partial charge in [-0.15, -0.1) is 0 Å². The summed E-state index contributed by atoms with van der Waals surface area (Å²) in [5.41, 5.74) is 0. The Bertz CT molecular complexity index is 230. The maximum Gasteiger partial charge on any atom is 0.306 e. The van der Waals surface area contributed by atoms with Crippen LogP contribution in [0.2, 0.25) is 0 Å². The molecule has 1 saturated carbocycles. The third-order valence-corrected chi connectivity index (χ3v) is 3.93. The average Bonchev–Trinajstić information content (AvgIpc) is 3.00. The second-order valence-corrected chi connectivity index (χ2v) is 5.26. The van der Waals surface area contributed by atoms with Gasteiger partial charge in [0, 0.05) is 0 Å². The number of carboxylic acids is 1. The Balaban J connectivity index is 1.81. The number of carboxylic acid groups (broad SMARTS) is 1. The summed E-state index contributed by atoms with van der Waals surface area (Å²) in [6, 6.07) is 0. The van der Waals surface area contributed by atoms with Gasteiger partial charge in [-0.25, -0.2) is 0 Å². The summed E-state index contributed by atoms with van der Waals surface area (Å²) in [5.74, 6) is 0.555. The Hall–Kier alpha value is -0.570. The summed E-state index contributed by atoms with van der Waals surface area (Å²) < 4.78 is 0. The van der Waals surface area contributed by atoms with E-state index in [2.05, 4.69) is 11.9 Å².